The zero-order valence-corrected chi connectivity index (χ0v) is 7.48. The van der Waals surface area contributed by atoms with Gasteiger partial charge in [-0.25, -0.2) is 4.98 Å². The van der Waals surface area contributed by atoms with E-state index in [0.717, 1.165) is 11.1 Å². The van der Waals surface area contributed by atoms with E-state index in [1.807, 2.05) is 27.7 Å². The van der Waals surface area contributed by atoms with Crippen LogP contribution in [0.1, 0.15) is 25.0 Å². The molecule has 0 aromatic carbocycles. The minimum absolute atomic E-state index is 0.405. The SMILES string of the molecule is CC.Cc1cnc(F)cc1C. The number of hydrogen-bond acceptors (Lipinski definition) is 1. The van der Waals surface area contributed by atoms with E-state index >= 15 is 0 Å². The van der Waals surface area contributed by atoms with Crippen molar-refractivity contribution in [1.82, 2.24) is 4.98 Å². The van der Waals surface area contributed by atoms with Crippen molar-refractivity contribution in [2.45, 2.75) is 27.7 Å². The number of rotatable bonds is 0. The lowest BCUT2D eigenvalue weighted by atomic mass is 10.2. The first-order valence-electron chi connectivity index (χ1n) is 3.79. The average molecular weight is 155 g/mol. The molecule has 0 fully saturated rings. The van der Waals surface area contributed by atoms with Crippen LogP contribution in [0.2, 0.25) is 0 Å². The van der Waals surface area contributed by atoms with Crippen LogP contribution in [-0.4, -0.2) is 4.98 Å². The quantitative estimate of drug-likeness (QED) is 0.525. The Bertz CT molecular complexity index is 221. The van der Waals surface area contributed by atoms with Gasteiger partial charge in [0.15, 0.2) is 0 Å². The van der Waals surface area contributed by atoms with Crippen LogP contribution in [0, 0.1) is 19.8 Å². The minimum Gasteiger partial charge on any atom is -0.228 e. The molecule has 1 nitrogen and oxygen atoms in total. The smallest absolute Gasteiger partial charge is 0.213 e. The summed E-state index contributed by atoms with van der Waals surface area (Å²) in [5.74, 6) is -0.405. The maximum atomic E-state index is 12.2. The highest BCUT2D eigenvalue weighted by atomic mass is 19.1. The van der Waals surface area contributed by atoms with Gasteiger partial charge < -0.3 is 0 Å². The molecular weight excluding hydrogens is 141 g/mol. The molecule has 0 aliphatic heterocycles. The van der Waals surface area contributed by atoms with E-state index in [0.29, 0.717) is 0 Å². The number of halogens is 1. The van der Waals surface area contributed by atoms with Gasteiger partial charge in [-0.1, -0.05) is 13.8 Å². The molecule has 1 aromatic heterocycles. The highest BCUT2D eigenvalue weighted by molar-refractivity contribution is 5.19. The molecule has 0 radical (unpaired) electrons. The topological polar surface area (TPSA) is 12.9 Å². The van der Waals surface area contributed by atoms with Crippen molar-refractivity contribution in [2.75, 3.05) is 0 Å². The summed E-state index contributed by atoms with van der Waals surface area (Å²) in [4.78, 5) is 3.47. The van der Waals surface area contributed by atoms with Gasteiger partial charge in [-0.2, -0.15) is 4.39 Å². The van der Waals surface area contributed by atoms with Crippen molar-refractivity contribution in [1.29, 1.82) is 0 Å². The van der Waals surface area contributed by atoms with Crippen LogP contribution >= 0.6 is 0 Å². The highest BCUT2D eigenvalue weighted by Gasteiger charge is 1.93. The van der Waals surface area contributed by atoms with Gasteiger partial charge in [0.1, 0.15) is 0 Å². The molecule has 62 valence electrons. The largest absolute Gasteiger partial charge is 0.228 e. The second-order valence-electron chi connectivity index (χ2n) is 2.09. The third-order valence-corrected chi connectivity index (χ3v) is 1.34. The Hall–Kier alpha value is -0.920. The number of hydrogen-bond donors (Lipinski definition) is 0. The lowest BCUT2D eigenvalue weighted by Crippen LogP contribution is -1.86. The van der Waals surface area contributed by atoms with E-state index in [-0.39, 0.29) is 0 Å². The molecule has 0 saturated heterocycles. The predicted octanol–water partition coefficient (Wildman–Crippen LogP) is 2.86. The summed E-state index contributed by atoms with van der Waals surface area (Å²) in [6.07, 6.45) is 1.53. The molecule has 0 unspecified atom stereocenters. The maximum Gasteiger partial charge on any atom is 0.213 e. The van der Waals surface area contributed by atoms with E-state index in [2.05, 4.69) is 4.98 Å². The van der Waals surface area contributed by atoms with Crippen LogP contribution in [-0.2, 0) is 0 Å². The van der Waals surface area contributed by atoms with Crippen molar-refractivity contribution in [3.8, 4) is 0 Å². The fourth-order valence-electron chi connectivity index (χ4n) is 0.590. The standard InChI is InChI=1S/C7H8FN.C2H6/c1-5-3-7(8)9-4-6(5)2;1-2/h3-4H,1-2H3;1-2H3. The zero-order chi connectivity index (χ0) is 8.85. The van der Waals surface area contributed by atoms with Crippen LogP contribution in [0.4, 0.5) is 4.39 Å². The second kappa shape index (κ2) is 4.83. The molecule has 2 heteroatoms. The van der Waals surface area contributed by atoms with E-state index < -0.39 is 5.95 Å². The molecule has 0 bridgehead atoms. The maximum absolute atomic E-state index is 12.2. The van der Waals surface area contributed by atoms with Crippen molar-refractivity contribution in [3.63, 3.8) is 0 Å². The monoisotopic (exact) mass is 155 g/mol. The van der Waals surface area contributed by atoms with Gasteiger partial charge in [0.2, 0.25) is 5.95 Å². The first kappa shape index (κ1) is 10.1. The summed E-state index contributed by atoms with van der Waals surface area (Å²) < 4.78 is 12.2. The number of aromatic nitrogens is 1. The minimum atomic E-state index is -0.405. The van der Waals surface area contributed by atoms with E-state index in [1.54, 1.807) is 0 Å². The molecule has 0 aliphatic rings. The Morgan fingerprint density at radius 1 is 1.18 bits per heavy atom. The van der Waals surface area contributed by atoms with E-state index in [4.69, 9.17) is 0 Å². The van der Waals surface area contributed by atoms with Crippen LogP contribution in [0.25, 0.3) is 0 Å². The van der Waals surface area contributed by atoms with E-state index in [9.17, 15) is 4.39 Å². The lowest BCUT2D eigenvalue weighted by Gasteiger charge is -1.95. The number of aryl methyl sites for hydroxylation is 2. The van der Waals surface area contributed by atoms with Gasteiger partial charge in [-0.05, 0) is 31.0 Å². The molecule has 0 atom stereocenters. The van der Waals surface area contributed by atoms with Gasteiger partial charge in [-0.15, -0.1) is 0 Å². The summed E-state index contributed by atoms with van der Waals surface area (Å²) >= 11 is 0. The van der Waals surface area contributed by atoms with Gasteiger partial charge in [0, 0.05) is 6.20 Å². The Balaban J connectivity index is 0.000000461. The van der Waals surface area contributed by atoms with Crippen molar-refractivity contribution in [3.05, 3.63) is 29.3 Å². The van der Waals surface area contributed by atoms with Crippen LogP contribution < -0.4 is 0 Å². The molecule has 1 heterocycles. The average Bonchev–Trinajstić information content (AvgIpc) is 2.02. The molecule has 0 spiro atoms. The second-order valence-corrected chi connectivity index (χ2v) is 2.09. The molecule has 0 saturated carbocycles. The normalized spacial score (nSPS) is 8.45. The van der Waals surface area contributed by atoms with Crippen molar-refractivity contribution in [2.24, 2.45) is 0 Å². The summed E-state index contributed by atoms with van der Waals surface area (Å²) in [7, 11) is 0. The molecule has 0 aliphatic carbocycles. The molecule has 1 aromatic rings. The zero-order valence-electron chi connectivity index (χ0n) is 7.48. The summed E-state index contributed by atoms with van der Waals surface area (Å²) in [5, 5.41) is 0. The van der Waals surface area contributed by atoms with Gasteiger partial charge in [0.25, 0.3) is 0 Å². The Kier molecular flexibility index (Phi) is 4.42. The van der Waals surface area contributed by atoms with Gasteiger partial charge in [-0.3, -0.25) is 0 Å². The first-order valence-corrected chi connectivity index (χ1v) is 3.79. The van der Waals surface area contributed by atoms with Crippen LogP contribution in [0.15, 0.2) is 12.3 Å². The van der Waals surface area contributed by atoms with E-state index in [1.165, 1.54) is 12.3 Å². The van der Waals surface area contributed by atoms with Crippen molar-refractivity contribution >= 4 is 0 Å². The molecule has 11 heavy (non-hydrogen) atoms. The third-order valence-electron chi connectivity index (χ3n) is 1.34. The summed E-state index contributed by atoms with van der Waals surface area (Å²) in [6, 6.07) is 1.43. The van der Waals surface area contributed by atoms with Crippen LogP contribution in [0.3, 0.4) is 0 Å². The Morgan fingerprint density at radius 2 is 1.73 bits per heavy atom. The summed E-state index contributed by atoms with van der Waals surface area (Å²) in [6.45, 7) is 7.77. The number of pyridine rings is 1. The molecule has 0 amide bonds. The Morgan fingerprint density at radius 3 is 2.09 bits per heavy atom. The van der Waals surface area contributed by atoms with Gasteiger partial charge in [0.05, 0.1) is 0 Å². The molecular formula is C9H14FN. The Labute approximate surface area is 67.3 Å². The highest BCUT2D eigenvalue weighted by Crippen LogP contribution is 2.04. The predicted molar refractivity (Wildman–Crippen MR) is 45.0 cm³/mol. The number of nitrogens with zero attached hydrogens (tertiary/aromatic N) is 1. The molecule has 0 N–H and O–H groups in total. The van der Waals surface area contributed by atoms with Crippen LogP contribution in [0.5, 0.6) is 0 Å². The summed E-state index contributed by atoms with van der Waals surface area (Å²) in [5.41, 5.74) is 1.97. The van der Waals surface area contributed by atoms with Crippen molar-refractivity contribution < 1.29 is 4.39 Å². The first-order chi connectivity index (χ1) is 5.20. The molecule has 1 rings (SSSR count). The fraction of sp³-hybridized carbons (Fsp3) is 0.444. The lowest BCUT2D eigenvalue weighted by molar-refractivity contribution is 0.581. The third kappa shape index (κ3) is 3.12. The fourth-order valence-corrected chi connectivity index (χ4v) is 0.590. The van der Waals surface area contributed by atoms with Gasteiger partial charge >= 0.3 is 0 Å².